The van der Waals surface area contributed by atoms with Crippen LogP contribution in [0.3, 0.4) is 0 Å². The van der Waals surface area contributed by atoms with Crippen molar-refractivity contribution >= 4 is 12.4 Å². The molecule has 0 aliphatic heterocycles. The number of ether oxygens (including phenoxy) is 1. The van der Waals surface area contributed by atoms with Gasteiger partial charge < -0.3 is 15.2 Å². The summed E-state index contributed by atoms with van der Waals surface area (Å²) >= 11 is 0. The Labute approximate surface area is 138 Å². The predicted octanol–water partition coefficient (Wildman–Crippen LogP) is 3.12. The van der Waals surface area contributed by atoms with Crippen LogP contribution >= 0.6 is 12.4 Å². The van der Waals surface area contributed by atoms with Crippen molar-refractivity contribution in [3.8, 4) is 5.75 Å². The first kappa shape index (κ1) is 18.5. The Morgan fingerprint density at radius 2 is 1.86 bits per heavy atom. The zero-order chi connectivity index (χ0) is 15.1. The minimum atomic E-state index is 0. The van der Waals surface area contributed by atoms with Crippen molar-refractivity contribution < 1.29 is 9.84 Å². The minimum absolute atomic E-state index is 0. The molecule has 3 nitrogen and oxygen atoms in total. The summed E-state index contributed by atoms with van der Waals surface area (Å²) in [5, 5.41) is 13.0. The molecule has 0 fully saturated rings. The number of methoxy groups -OCH3 is 1. The summed E-state index contributed by atoms with van der Waals surface area (Å²) in [6.07, 6.45) is 0.784. The fourth-order valence-corrected chi connectivity index (χ4v) is 2.32. The molecule has 0 aromatic heterocycles. The summed E-state index contributed by atoms with van der Waals surface area (Å²) in [7, 11) is 1.67. The maximum atomic E-state index is 9.59. The van der Waals surface area contributed by atoms with E-state index in [1.165, 1.54) is 16.7 Å². The molecule has 2 N–H and O–H groups in total. The van der Waals surface area contributed by atoms with Crippen LogP contribution in [0.5, 0.6) is 5.75 Å². The normalized spacial score (nSPS) is 11.6. The highest BCUT2D eigenvalue weighted by molar-refractivity contribution is 5.85. The molecule has 1 atom stereocenters. The molecule has 2 aromatic carbocycles. The van der Waals surface area contributed by atoms with Gasteiger partial charge in [0.2, 0.25) is 0 Å². The largest absolute Gasteiger partial charge is 0.497 e. The lowest BCUT2D eigenvalue weighted by Gasteiger charge is -2.18. The predicted molar refractivity (Wildman–Crippen MR) is 92.8 cm³/mol. The summed E-state index contributed by atoms with van der Waals surface area (Å²) in [6.45, 7) is 2.96. The Morgan fingerprint density at radius 1 is 1.14 bits per heavy atom. The Balaban J connectivity index is 0.00000242. The summed E-state index contributed by atoms with van der Waals surface area (Å²) in [5.41, 5.74) is 3.64. The van der Waals surface area contributed by atoms with E-state index in [2.05, 4.69) is 30.4 Å². The molecule has 0 amide bonds. The zero-order valence-electron chi connectivity index (χ0n) is 13.1. The van der Waals surface area contributed by atoms with Gasteiger partial charge in [-0.3, -0.25) is 0 Å². The smallest absolute Gasteiger partial charge is 0.119 e. The van der Waals surface area contributed by atoms with Crippen LogP contribution in [-0.4, -0.2) is 24.9 Å². The van der Waals surface area contributed by atoms with E-state index in [4.69, 9.17) is 4.74 Å². The topological polar surface area (TPSA) is 41.5 Å². The number of halogens is 1. The fourth-order valence-electron chi connectivity index (χ4n) is 2.32. The Morgan fingerprint density at radius 3 is 2.50 bits per heavy atom. The number of aryl methyl sites for hydroxylation is 1. The van der Waals surface area contributed by atoms with Gasteiger partial charge in [0.1, 0.15) is 5.75 Å². The monoisotopic (exact) mass is 321 g/mol. The van der Waals surface area contributed by atoms with Crippen LogP contribution in [0.1, 0.15) is 16.7 Å². The highest BCUT2D eigenvalue weighted by Crippen LogP contribution is 2.18. The summed E-state index contributed by atoms with van der Waals surface area (Å²) in [5.74, 6) is 0.857. The molecule has 0 saturated heterocycles. The first-order chi connectivity index (χ1) is 10.2. The molecule has 0 radical (unpaired) electrons. The number of aliphatic hydroxyl groups is 1. The quantitative estimate of drug-likeness (QED) is 0.823. The van der Waals surface area contributed by atoms with Gasteiger partial charge in [0.15, 0.2) is 0 Å². The molecule has 4 heteroatoms. The van der Waals surface area contributed by atoms with E-state index < -0.39 is 0 Å². The number of rotatable bonds is 7. The lowest BCUT2D eigenvalue weighted by atomic mass is 10.0. The van der Waals surface area contributed by atoms with Crippen LogP contribution in [0.25, 0.3) is 0 Å². The van der Waals surface area contributed by atoms with E-state index in [1.54, 1.807) is 7.11 Å². The van der Waals surface area contributed by atoms with Gasteiger partial charge in [0.05, 0.1) is 13.7 Å². The van der Waals surface area contributed by atoms with Crippen molar-refractivity contribution in [1.82, 2.24) is 5.32 Å². The molecule has 120 valence electrons. The molecule has 1 unspecified atom stereocenters. The molecule has 0 saturated carbocycles. The maximum absolute atomic E-state index is 9.59. The highest BCUT2D eigenvalue weighted by Gasteiger charge is 2.10. The van der Waals surface area contributed by atoms with Crippen molar-refractivity contribution in [1.29, 1.82) is 0 Å². The van der Waals surface area contributed by atoms with Gasteiger partial charge >= 0.3 is 0 Å². The zero-order valence-corrected chi connectivity index (χ0v) is 13.9. The third-order valence-electron chi connectivity index (χ3n) is 3.68. The fraction of sp³-hybridized carbons (Fsp3) is 0.333. The number of benzene rings is 2. The van der Waals surface area contributed by atoms with Crippen LogP contribution in [0.15, 0.2) is 48.5 Å². The average molecular weight is 322 g/mol. The van der Waals surface area contributed by atoms with Gasteiger partial charge in [-0.2, -0.15) is 0 Å². The van der Waals surface area contributed by atoms with E-state index in [0.29, 0.717) is 0 Å². The molecule has 22 heavy (non-hydrogen) atoms. The second-order valence-electron chi connectivity index (χ2n) is 5.24. The second-order valence-corrected chi connectivity index (χ2v) is 5.24. The maximum Gasteiger partial charge on any atom is 0.119 e. The first-order valence-electron chi connectivity index (χ1n) is 7.24. The van der Waals surface area contributed by atoms with Crippen LogP contribution in [0.4, 0.5) is 0 Å². The van der Waals surface area contributed by atoms with E-state index >= 15 is 0 Å². The molecular weight excluding hydrogens is 298 g/mol. The van der Waals surface area contributed by atoms with Crippen molar-refractivity contribution in [3.05, 3.63) is 65.2 Å². The van der Waals surface area contributed by atoms with Gasteiger partial charge in [0.25, 0.3) is 0 Å². The third-order valence-corrected chi connectivity index (χ3v) is 3.68. The van der Waals surface area contributed by atoms with Gasteiger partial charge in [-0.05, 0) is 42.2 Å². The molecule has 0 heterocycles. The van der Waals surface area contributed by atoms with Crippen molar-refractivity contribution in [3.63, 3.8) is 0 Å². The van der Waals surface area contributed by atoms with Gasteiger partial charge in [-0.15, -0.1) is 12.4 Å². The lowest BCUT2D eigenvalue weighted by Crippen LogP contribution is -2.34. The molecule has 0 bridgehead atoms. The first-order valence-corrected chi connectivity index (χ1v) is 7.24. The van der Waals surface area contributed by atoms with E-state index in [-0.39, 0.29) is 25.1 Å². The van der Waals surface area contributed by atoms with Gasteiger partial charge in [-0.25, -0.2) is 0 Å². The number of hydrogen-bond donors (Lipinski definition) is 2. The van der Waals surface area contributed by atoms with Crippen molar-refractivity contribution in [2.75, 3.05) is 13.7 Å². The van der Waals surface area contributed by atoms with Crippen LogP contribution < -0.4 is 10.1 Å². The molecule has 0 spiro atoms. The van der Waals surface area contributed by atoms with Crippen LogP contribution in [0, 0.1) is 6.92 Å². The van der Waals surface area contributed by atoms with Crippen LogP contribution in [-0.2, 0) is 13.0 Å². The SMILES string of the molecule is COc1ccc(C)c(CC(CO)NCc2ccccc2)c1.Cl. The number of nitrogens with one attached hydrogen (secondary N) is 1. The Kier molecular flexibility index (Phi) is 7.96. The van der Waals surface area contributed by atoms with Gasteiger partial charge in [-0.1, -0.05) is 36.4 Å². The molecule has 2 rings (SSSR count). The van der Waals surface area contributed by atoms with Crippen LogP contribution in [0.2, 0.25) is 0 Å². The molecule has 0 aliphatic carbocycles. The van der Waals surface area contributed by atoms with Gasteiger partial charge in [0, 0.05) is 12.6 Å². The second kappa shape index (κ2) is 9.46. The standard InChI is InChI=1S/C18H23NO2.ClH/c1-14-8-9-18(21-2)11-16(14)10-17(13-20)19-12-15-6-4-3-5-7-15;/h3-9,11,17,19-20H,10,12-13H2,1-2H3;1H. The summed E-state index contributed by atoms with van der Waals surface area (Å²) in [4.78, 5) is 0. The Bertz CT molecular complexity index is 560. The van der Waals surface area contributed by atoms with E-state index in [0.717, 1.165) is 18.7 Å². The molecule has 2 aromatic rings. The van der Waals surface area contributed by atoms with E-state index in [9.17, 15) is 5.11 Å². The van der Waals surface area contributed by atoms with Crippen molar-refractivity contribution in [2.45, 2.75) is 25.9 Å². The number of hydrogen-bond acceptors (Lipinski definition) is 3. The average Bonchev–Trinajstić information content (AvgIpc) is 2.54. The minimum Gasteiger partial charge on any atom is -0.497 e. The Hall–Kier alpha value is -1.55. The molecule has 0 aliphatic rings. The summed E-state index contributed by atoms with van der Waals surface area (Å²) < 4.78 is 5.27. The lowest BCUT2D eigenvalue weighted by molar-refractivity contribution is 0.240. The third kappa shape index (κ3) is 5.34. The number of aliphatic hydroxyl groups excluding tert-OH is 1. The highest BCUT2D eigenvalue weighted by atomic mass is 35.5. The van der Waals surface area contributed by atoms with E-state index in [1.807, 2.05) is 30.3 Å². The molecular formula is C18H24ClNO2. The summed E-state index contributed by atoms with van der Waals surface area (Å²) in [6, 6.07) is 16.3. The van der Waals surface area contributed by atoms with Crippen molar-refractivity contribution in [2.24, 2.45) is 0 Å².